The Morgan fingerprint density at radius 2 is 1.91 bits per heavy atom. The number of rotatable bonds is 8. The van der Waals surface area contributed by atoms with E-state index in [2.05, 4.69) is 26.9 Å². The summed E-state index contributed by atoms with van der Waals surface area (Å²) >= 11 is 0. The van der Waals surface area contributed by atoms with Crippen LogP contribution in [0.3, 0.4) is 0 Å². The van der Waals surface area contributed by atoms with Gasteiger partial charge < -0.3 is 10.6 Å². The Balaban J connectivity index is 0.00000484. The Kier molecular flexibility index (Phi) is 10.9. The molecule has 0 aromatic heterocycles. The second-order valence-electron chi connectivity index (χ2n) is 4.64. The Hall–Kier alpha value is -1.13. The zero-order chi connectivity index (χ0) is 16.4. The summed E-state index contributed by atoms with van der Waals surface area (Å²) in [5.41, 5.74) is 1.02. The van der Waals surface area contributed by atoms with Crippen molar-refractivity contribution >= 4 is 40.0 Å². The third kappa shape index (κ3) is 8.33. The number of hydrogen-bond acceptors (Lipinski definition) is 3. The number of nitrogens with one attached hydrogen (secondary N) is 3. The van der Waals surface area contributed by atoms with Gasteiger partial charge in [-0.15, -0.1) is 30.6 Å². The van der Waals surface area contributed by atoms with Crippen molar-refractivity contribution in [3.8, 4) is 0 Å². The van der Waals surface area contributed by atoms with Crippen molar-refractivity contribution in [2.75, 3.05) is 26.2 Å². The fourth-order valence-electron chi connectivity index (χ4n) is 1.66. The maximum atomic E-state index is 12.1. The molecule has 1 rings (SSSR count). The van der Waals surface area contributed by atoms with Crippen LogP contribution in [-0.2, 0) is 10.0 Å². The first-order valence-corrected chi connectivity index (χ1v) is 8.67. The van der Waals surface area contributed by atoms with Crippen LogP contribution in [0.5, 0.6) is 0 Å². The first-order valence-electron chi connectivity index (χ1n) is 7.19. The van der Waals surface area contributed by atoms with E-state index in [0.717, 1.165) is 12.1 Å². The molecule has 130 valence electrons. The van der Waals surface area contributed by atoms with Gasteiger partial charge in [0.25, 0.3) is 0 Å². The van der Waals surface area contributed by atoms with E-state index in [0.29, 0.717) is 19.0 Å². The Bertz CT molecular complexity index is 600. The number of benzene rings is 1. The molecule has 6 nitrogen and oxygen atoms in total. The molecule has 0 aliphatic heterocycles. The smallest absolute Gasteiger partial charge is 0.240 e. The Morgan fingerprint density at radius 3 is 2.48 bits per heavy atom. The molecule has 0 bridgehead atoms. The third-order valence-electron chi connectivity index (χ3n) is 2.76. The van der Waals surface area contributed by atoms with Crippen LogP contribution in [-0.4, -0.2) is 40.6 Å². The molecule has 0 heterocycles. The Morgan fingerprint density at radius 1 is 1.26 bits per heavy atom. The molecular weight excluding hydrogens is 427 g/mol. The van der Waals surface area contributed by atoms with Crippen LogP contribution in [0.2, 0.25) is 0 Å². The normalized spacial score (nSPS) is 11.5. The number of nitrogens with zero attached hydrogens (tertiary/aromatic N) is 1. The lowest BCUT2D eigenvalue weighted by Gasteiger charge is -2.10. The lowest BCUT2D eigenvalue weighted by molar-refractivity contribution is 0.582. The van der Waals surface area contributed by atoms with Gasteiger partial charge in [0.15, 0.2) is 5.96 Å². The molecule has 0 unspecified atom stereocenters. The van der Waals surface area contributed by atoms with Crippen LogP contribution in [0.1, 0.15) is 12.5 Å². The van der Waals surface area contributed by atoms with Crippen LogP contribution in [0.4, 0.5) is 0 Å². The molecule has 8 heteroatoms. The first-order chi connectivity index (χ1) is 10.5. The second kappa shape index (κ2) is 11.4. The molecule has 0 radical (unpaired) electrons. The number of aliphatic imine (C=N–C) groups is 1. The minimum absolute atomic E-state index is 0. The SMILES string of the molecule is C=CCNC(=NCCNS(=O)(=O)c1ccc(C)cc1)NCC.I. The maximum absolute atomic E-state index is 12.1. The fourth-order valence-corrected chi connectivity index (χ4v) is 2.68. The highest BCUT2D eigenvalue weighted by molar-refractivity contribution is 14.0. The van der Waals surface area contributed by atoms with Gasteiger partial charge >= 0.3 is 0 Å². The van der Waals surface area contributed by atoms with E-state index >= 15 is 0 Å². The number of sulfonamides is 1. The summed E-state index contributed by atoms with van der Waals surface area (Å²) in [5.74, 6) is 0.636. The largest absolute Gasteiger partial charge is 0.357 e. The summed E-state index contributed by atoms with van der Waals surface area (Å²) in [4.78, 5) is 4.54. The van der Waals surface area contributed by atoms with Crippen molar-refractivity contribution in [3.63, 3.8) is 0 Å². The van der Waals surface area contributed by atoms with Crippen molar-refractivity contribution < 1.29 is 8.42 Å². The lowest BCUT2D eigenvalue weighted by Crippen LogP contribution is -2.38. The van der Waals surface area contributed by atoms with Crippen LogP contribution in [0, 0.1) is 6.92 Å². The van der Waals surface area contributed by atoms with Crippen LogP contribution < -0.4 is 15.4 Å². The van der Waals surface area contributed by atoms with Crippen molar-refractivity contribution in [2.45, 2.75) is 18.7 Å². The van der Waals surface area contributed by atoms with Gasteiger partial charge in [-0.1, -0.05) is 23.8 Å². The van der Waals surface area contributed by atoms with Gasteiger partial charge in [0, 0.05) is 19.6 Å². The number of guanidine groups is 1. The molecule has 1 aromatic rings. The molecule has 23 heavy (non-hydrogen) atoms. The maximum Gasteiger partial charge on any atom is 0.240 e. The number of hydrogen-bond donors (Lipinski definition) is 3. The molecule has 0 spiro atoms. The van der Waals surface area contributed by atoms with Gasteiger partial charge in [-0.05, 0) is 26.0 Å². The fraction of sp³-hybridized carbons (Fsp3) is 0.400. The molecule has 0 fully saturated rings. The summed E-state index contributed by atoms with van der Waals surface area (Å²) in [6.07, 6.45) is 1.73. The molecule has 0 saturated carbocycles. The molecule has 0 aliphatic carbocycles. The summed E-state index contributed by atoms with van der Waals surface area (Å²) < 4.78 is 26.7. The van der Waals surface area contributed by atoms with Crippen molar-refractivity contribution in [2.24, 2.45) is 4.99 Å². The van der Waals surface area contributed by atoms with Gasteiger partial charge in [-0.3, -0.25) is 4.99 Å². The predicted octanol–water partition coefficient (Wildman–Crippen LogP) is 1.63. The minimum atomic E-state index is -3.48. The molecule has 1 aromatic carbocycles. The molecule has 0 atom stereocenters. The minimum Gasteiger partial charge on any atom is -0.357 e. The lowest BCUT2D eigenvalue weighted by atomic mass is 10.2. The zero-order valence-corrected chi connectivity index (χ0v) is 16.6. The summed E-state index contributed by atoms with van der Waals surface area (Å²) in [5, 5.41) is 6.12. The topological polar surface area (TPSA) is 82.6 Å². The van der Waals surface area contributed by atoms with E-state index in [-0.39, 0.29) is 35.4 Å². The van der Waals surface area contributed by atoms with Gasteiger partial charge in [-0.25, -0.2) is 13.1 Å². The van der Waals surface area contributed by atoms with E-state index in [1.807, 2.05) is 13.8 Å². The average Bonchev–Trinajstić information content (AvgIpc) is 2.49. The van der Waals surface area contributed by atoms with E-state index in [1.54, 1.807) is 30.3 Å². The van der Waals surface area contributed by atoms with E-state index < -0.39 is 10.0 Å². The summed E-state index contributed by atoms with van der Waals surface area (Å²) in [7, 11) is -3.48. The van der Waals surface area contributed by atoms with Gasteiger partial charge in [-0.2, -0.15) is 0 Å². The second-order valence-corrected chi connectivity index (χ2v) is 6.41. The number of halogens is 1. The van der Waals surface area contributed by atoms with Crippen molar-refractivity contribution in [3.05, 3.63) is 42.5 Å². The summed E-state index contributed by atoms with van der Waals surface area (Å²) in [6, 6.07) is 6.73. The van der Waals surface area contributed by atoms with Gasteiger partial charge in [0.1, 0.15) is 0 Å². The van der Waals surface area contributed by atoms with Gasteiger partial charge in [0.2, 0.25) is 10.0 Å². The van der Waals surface area contributed by atoms with E-state index in [9.17, 15) is 8.42 Å². The number of aryl methyl sites for hydroxylation is 1. The monoisotopic (exact) mass is 452 g/mol. The van der Waals surface area contributed by atoms with Crippen LogP contribution in [0.25, 0.3) is 0 Å². The zero-order valence-electron chi connectivity index (χ0n) is 13.5. The van der Waals surface area contributed by atoms with Crippen molar-refractivity contribution in [1.82, 2.24) is 15.4 Å². The third-order valence-corrected chi connectivity index (χ3v) is 4.24. The molecule has 0 saturated heterocycles. The van der Waals surface area contributed by atoms with Crippen LogP contribution in [0.15, 0.2) is 46.8 Å². The highest BCUT2D eigenvalue weighted by Gasteiger charge is 2.12. The molecule has 0 amide bonds. The van der Waals surface area contributed by atoms with Crippen molar-refractivity contribution in [1.29, 1.82) is 0 Å². The van der Waals surface area contributed by atoms with Gasteiger partial charge in [0.05, 0.1) is 11.4 Å². The average molecular weight is 452 g/mol. The molecular formula is C15H25IN4O2S. The first kappa shape index (κ1) is 21.9. The van der Waals surface area contributed by atoms with E-state index in [1.165, 1.54) is 0 Å². The Labute approximate surface area is 155 Å². The highest BCUT2D eigenvalue weighted by Crippen LogP contribution is 2.09. The molecule has 0 aliphatic rings. The standard InChI is InChI=1S/C15H24N4O2S.HI/c1-4-10-17-15(16-5-2)18-11-12-19-22(20,21)14-8-6-13(3)7-9-14;/h4,6-9,19H,1,5,10-12H2,2-3H3,(H2,16,17,18);1H. The van der Waals surface area contributed by atoms with E-state index in [4.69, 9.17) is 0 Å². The summed E-state index contributed by atoms with van der Waals surface area (Å²) in [6.45, 7) is 9.42. The predicted molar refractivity (Wildman–Crippen MR) is 106 cm³/mol. The quantitative estimate of drug-likeness (QED) is 0.184. The van der Waals surface area contributed by atoms with Crippen LogP contribution >= 0.6 is 24.0 Å². The highest BCUT2D eigenvalue weighted by atomic mass is 127. The molecule has 3 N–H and O–H groups in total.